The van der Waals surface area contributed by atoms with Crippen molar-refractivity contribution >= 4 is 11.6 Å². The summed E-state index contributed by atoms with van der Waals surface area (Å²) in [5.74, 6) is -0.232. The van der Waals surface area contributed by atoms with E-state index in [2.05, 4.69) is 15.3 Å². The van der Waals surface area contributed by atoms with Gasteiger partial charge < -0.3 is 5.32 Å². The molecule has 5 nitrogen and oxygen atoms in total. The molecule has 1 atom stereocenters. The van der Waals surface area contributed by atoms with E-state index in [1.54, 1.807) is 29.2 Å². The number of benzene rings is 1. The van der Waals surface area contributed by atoms with Gasteiger partial charge in [-0.15, -0.1) is 0 Å². The van der Waals surface area contributed by atoms with Crippen molar-refractivity contribution in [3.8, 4) is 0 Å². The van der Waals surface area contributed by atoms with Crippen molar-refractivity contribution in [2.24, 2.45) is 13.0 Å². The third-order valence-corrected chi connectivity index (χ3v) is 4.14. The second-order valence-corrected chi connectivity index (χ2v) is 6.10. The van der Waals surface area contributed by atoms with Gasteiger partial charge in [-0.2, -0.15) is 5.10 Å². The van der Waals surface area contributed by atoms with E-state index < -0.39 is 0 Å². The van der Waals surface area contributed by atoms with Gasteiger partial charge in [0.2, 0.25) is 5.91 Å². The Morgan fingerprint density at radius 2 is 2.35 bits per heavy atom. The summed E-state index contributed by atoms with van der Waals surface area (Å²) in [5, 5.41) is 6.97. The highest BCUT2D eigenvalue weighted by Crippen LogP contribution is 2.20. The van der Waals surface area contributed by atoms with E-state index in [-0.39, 0.29) is 17.6 Å². The summed E-state index contributed by atoms with van der Waals surface area (Å²) < 4.78 is 14.9. The molecule has 0 saturated carbocycles. The molecule has 1 aliphatic rings. The first-order chi connectivity index (χ1) is 11.1. The number of amides is 1. The Morgan fingerprint density at radius 1 is 1.48 bits per heavy atom. The zero-order valence-electron chi connectivity index (χ0n) is 13.2. The Hall–Kier alpha value is -2.21. The summed E-state index contributed by atoms with van der Waals surface area (Å²) in [6, 6.07) is 6.65. The van der Waals surface area contributed by atoms with Crippen molar-refractivity contribution in [3.63, 3.8) is 0 Å². The molecule has 0 bridgehead atoms. The average molecular weight is 316 g/mol. The predicted octanol–water partition coefficient (Wildman–Crippen LogP) is 2.41. The van der Waals surface area contributed by atoms with Crippen LogP contribution in [0.4, 0.5) is 10.1 Å². The number of nitrogens with zero attached hydrogens (tertiary/aromatic N) is 3. The number of likely N-dealkylation sites (tertiary alicyclic amines) is 1. The molecule has 2 heterocycles. The molecule has 0 unspecified atom stereocenters. The molecule has 3 rings (SSSR count). The molecule has 0 aliphatic carbocycles. The molecule has 1 fully saturated rings. The lowest BCUT2D eigenvalue weighted by atomic mass is 9.96. The van der Waals surface area contributed by atoms with Crippen LogP contribution < -0.4 is 5.32 Å². The van der Waals surface area contributed by atoms with Gasteiger partial charge in [-0.1, -0.05) is 12.1 Å². The van der Waals surface area contributed by atoms with Gasteiger partial charge in [0.05, 0.1) is 17.8 Å². The minimum absolute atomic E-state index is 0.0296. The van der Waals surface area contributed by atoms with Crippen LogP contribution in [0.3, 0.4) is 0 Å². The highest BCUT2D eigenvalue weighted by Gasteiger charge is 2.26. The lowest BCUT2D eigenvalue weighted by Gasteiger charge is -2.31. The fourth-order valence-corrected chi connectivity index (χ4v) is 3.04. The Morgan fingerprint density at radius 3 is 3.09 bits per heavy atom. The van der Waals surface area contributed by atoms with Gasteiger partial charge in [-0.3, -0.25) is 14.4 Å². The molecule has 2 aromatic rings. The van der Waals surface area contributed by atoms with Crippen molar-refractivity contribution in [1.82, 2.24) is 14.7 Å². The minimum atomic E-state index is -0.217. The van der Waals surface area contributed by atoms with Gasteiger partial charge in [-0.25, -0.2) is 4.39 Å². The zero-order chi connectivity index (χ0) is 16.2. The van der Waals surface area contributed by atoms with Crippen molar-refractivity contribution in [2.75, 3.05) is 18.4 Å². The van der Waals surface area contributed by atoms with Crippen LogP contribution >= 0.6 is 0 Å². The maximum absolute atomic E-state index is 13.3. The highest BCUT2D eigenvalue weighted by atomic mass is 19.1. The van der Waals surface area contributed by atoms with Gasteiger partial charge in [0.1, 0.15) is 5.82 Å². The van der Waals surface area contributed by atoms with Crippen molar-refractivity contribution in [1.29, 1.82) is 0 Å². The van der Waals surface area contributed by atoms with Crippen LogP contribution in [0, 0.1) is 11.7 Å². The van der Waals surface area contributed by atoms with E-state index in [1.807, 2.05) is 13.1 Å². The number of aromatic nitrogens is 2. The molecule has 122 valence electrons. The molecule has 1 saturated heterocycles. The van der Waals surface area contributed by atoms with E-state index in [1.165, 1.54) is 6.07 Å². The van der Waals surface area contributed by atoms with Crippen LogP contribution in [0.15, 0.2) is 36.7 Å². The highest BCUT2D eigenvalue weighted by molar-refractivity contribution is 5.92. The first kappa shape index (κ1) is 15.7. The SMILES string of the molecule is Cn1cc(NC(=O)[C@@H]2CCCN(Cc3cccc(F)c3)C2)cn1. The number of piperidine rings is 1. The van der Waals surface area contributed by atoms with Crippen molar-refractivity contribution in [3.05, 3.63) is 48.0 Å². The Balaban J connectivity index is 1.58. The zero-order valence-corrected chi connectivity index (χ0v) is 13.2. The summed E-state index contributed by atoms with van der Waals surface area (Å²) in [6.07, 6.45) is 5.28. The van der Waals surface area contributed by atoms with Crippen LogP contribution in [0.1, 0.15) is 18.4 Å². The van der Waals surface area contributed by atoms with E-state index in [9.17, 15) is 9.18 Å². The molecule has 23 heavy (non-hydrogen) atoms. The predicted molar refractivity (Wildman–Crippen MR) is 86.2 cm³/mol. The topological polar surface area (TPSA) is 50.2 Å². The number of hydrogen-bond donors (Lipinski definition) is 1. The lowest BCUT2D eigenvalue weighted by Crippen LogP contribution is -2.40. The van der Waals surface area contributed by atoms with Crippen LogP contribution in [0.25, 0.3) is 0 Å². The first-order valence-electron chi connectivity index (χ1n) is 7.86. The maximum atomic E-state index is 13.3. The number of anilines is 1. The second kappa shape index (κ2) is 6.91. The number of rotatable bonds is 4. The number of aryl methyl sites for hydroxylation is 1. The third-order valence-electron chi connectivity index (χ3n) is 4.14. The maximum Gasteiger partial charge on any atom is 0.228 e. The molecule has 6 heteroatoms. The Bertz CT molecular complexity index is 685. The fourth-order valence-electron chi connectivity index (χ4n) is 3.04. The normalized spacial score (nSPS) is 18.8. The number of nitrogens with one attached hydrogen (secondary N) is 1. The fraction of sp³-hybridized carbons (Fsp3) is 0.412. The van der Waals surface area contributed by atoms with E-state index in [4.69, 9.17) is 0 Å². The van der Waals surface area contributed by atoms with Gasteiger partial charge >= 0.3 is 0 Å². The number of halogens is 1. The summed E-state index contributed by atoms with van der Waals surface area (Å²) in [5.41, 5.74) is 1.66. The smallest absolute Gasteiger partial charge is 0.228 e. The van der Waals surface area contributed by atoms with Gasteiger partial charge in [-0.05, 0) is 37.1 Å². The van der Waals surface area contributed by atoms with Crippen LogP contribution in [-0.4, -0.2) is 33.7 Å². The van der Waals surface area contributed by atoms with E-state index >= 15 is 0 Å². The van der Waals surface area contributed by atoms with Gasteiger partial charge in [0, 0.05) is 26.3 Å². The molecule has 1 aliphatic heterocycles. The quantitative estimate of drug-likeness (QED) is 0.942. The molecule has 1 N–H and O–H groups in total. The van der Waals surface area contributed by atoms with Gasteiger partial charge in [0.15, 0.2) is 0 Å². The molecule has 1 amide bonds. The van der Waals surface area contributed by atoms with E-state index in [0.717, 1.165) is 30.6 Å². The van der Waals surface area contributed by atoms with Crippen molar-refractivity contribution < 1.29 is 9.18 Å². The molecule has 0 spiro atoms. The molecular formula is C17H21FN4O. The number of carbonyl (C=O) groups excluding carboxylic acids is 1. The average Bonchev–Trinajstić information content (AvgIpc) is 2.92. The molecule has 0 radical (unpaired) electrons. The first-order valence-corrected chi connectivity index (χ1v) is 7.86. The van der Waals surface area contributed by atoms with Crippen LogP contribution in [-0.2, 0) is 18.4 Å². The summed E-state index contributed by atoms with van der Waals surface area (Å²) in [7, 11) is 1.82. The minimum Gasteiger partial charge on any atom is -0.323 e. The number of hydrogen-bond acceptors (Lipinski definition) is 3. The van der Waals surface area contributed by atoms with Gasteiger partial charge in [0.25, 0.3) is 0 Å². The van der Waals surface area contributed by atoms with Crippen LogP contribution in [0.5, 0.6) is 0 Å². The monoisotopic (exact) mass is 316 g/mol. The standard InChI is InChI=1S/C17H21FN4O/c1-21-12-16(9-19-21)20-17(23)14-5-3-7-22(11-14)10-13-4-2-6-15(18)8-13/h2,4,6,8-9,12,14H,3,5,7,10-11H2,1H3,(H,20,23)/t14-/m1/s1. The number of carbonyl (C=O) groups is 1. The molecular weight excluding hydrogens is 295 g/mol. The van der Waals surface area contributed by atoms with Crippen molar-refractivity contribution in [2.45, 2.75) is 19.4 Å². The lowest BCUT2D eigenvalue weighted by molar-refractivity contribution is -0.121. The molecule has 1 aromatic heterocycles. The van der Waals surface area contributed by atoms with E-state index in [0.29, 0.717) is 13.1 Å². The second-order valence-electron chi connectivity index (χ2n) is 6.10. The summed E-state index contributed by atoms with van der Waals surface area (Å²) >= 11 is 0. The third kappa shape index (κ3) is 4.16. The summed E-state index contributed by atoms with van der Waals surface area (Å²) in [4.78, 5) is 14.6. The molecule has 1 aromatic carbocycles. The Labute approximate surface area is 135 Å². The Kier molecular flexibility index (Phi) is 4.71. The summed E-state index contributed by atoms with van der Waals surface area (Å²) in [6.45, 7) is 2.31. The largest absolute Gasteiger partial charge is 0.323 e. The van der Waals surface area contributed by atoms with Crippen LogP contribution in [0.2, 0.25) is 0 Å².